The first-order chi connectivity index (χ1) is 4.81. The van der Waals surface area contributed by atoms with Gasteiger partial charge in [-0.2, -0.15) is 0 Å². The van der Waals surface area contributed by atoms with E-state index in [-0.39, 0.29) is 0 Å². The molecule has 0 heteroatoms. The van der Waals surface area contributed by atoms with E-state index >= 15 is 0 Å². The summed E-state index contributed by atoms with van der Waals surface area (Å²) in [6.45, 7) is 14.7. The van der Waals surface area contributed by atoms with Gasteiger partial charge in [0.25, 0.3) is 0 Å². The molecule has 0 atom stereocenters. The molecule has 0 fully saturated rings. The molecule has 10 heavy (non-hydrogen) atoms. The van der Waals surface area contributed by atoms with E-state index in [0.29, 0.717) is 0 Å². The van der Waals surface area contributed by atoms with Crippen molar-refractivity contribution in [1.82, 2.24) is 0 Å². The first kappa shape index (κ1) is 11.7. The van der Waals surface area contributed by atoms with Crippen molar-refractivity contribution in [1.29, 1.82) is 0 Å². The lowest BCUT2D eigenvalue weighted by Gasteiger charge is -1.80. The summed E-state index contributed by atoms with van der Waals surface area (Å²) in [6.07, 6.45) is 7.07. The van der Waals surface area contributed by atoms with Crippen LogP contribution < -0.4 is 0 Å². The van der Waals surface area contributed by atoms with E-state index in [2.05, 4.69) is 19.7 Å². The van der Waals surface area contributed by atoms with Gasteiger partial charge in [0.1, 0.15) is 0 Å². The molecule has 0 spiro atoms. The molecule has 0 saturated carbocycles. The van der Waals surface area contributed by atoms with Gasteiger partial charge in [-0.3, -0.25) is 0 Å². The van der Waals surface area contributed by atoms with Crippen LogP contribution in [0.3, 0.4) is 0 Å². The van der Waals surface area contributed by atoms with Gasteiger partial charge in [0.05, 0.1) is 0 Å². The van der Waals surface area contributed by atoms with Gasteiger partial charge in [-0.15, -0.1) is 0 Å². The van der Waals surface area contributed by atoms with E-state index in [9.17, 15) is 0 Å². The average Bonchev–Trinajstić information content (AvgIpc) is 2.04. The average molecular weight is 136 g/mol. The minimum absolute atomic E-state index is 0.907. The molecule has 0 nitrogen and oxygen atoms in total. The highest BCUT2D eigenvalue weighted by Gasteiger charge is 1.70. The Balaban J connectivity index is 0. The summed E-state index contributed by atoms with van der Waals surface area (Å²) in [4.78, 5) is 0. The molecular formula is C10H16. The Morgan fingerprint density at radius 1 is 1.20 bits per heavy atom. The summed E-state index contributed by atoms with van der Waals surface area (Å²) in [5, 5.41) is 0. The zero-order valence-corrected chi connectivity index (χ0v) is 6.93. The van der Waals surface area contributed by atoms with Crippen LogP contribution in [0.15, 0.2) is 49.6 Å². The maximum absolute atomic E-state index is 3.66. The van der Waals surface area contributed by atoms with Gasteiger partial charge in [-0.25, -0.2) is 0 Å². The summed E-state index contributed by atoms with van der Waals surface area (Å²) in [5.41, 5.74) is 0.907. The monoisotopic (exact) mass is 136 g/mol. The molecule has 0 unspecified atom stereocenters. The minimum atomic E-state index is 0.907. The smallest absolute Gasteiger partial charge is 0.0335 e. The Morgan fingerprint density at radius 2 is 1.70 bits per heavy atom. The lowest BCUT2D eigenvalue weighted by Crippen LogP contribution is -1.59. The molecule has 0 N–H and O–H groups in total. The Labute approximate surface area is 64.3 Å². The van der Waals surface area contributed by atoms with E-state index in [4.69, 9.17) is 0 Å². The SMILES string of the molecule is C=C/C=C\C(=C)C=C.CC. The van der Waals surface area contributed by atoms with Crippen molar-refractivity contribution in [2.24, 2.45) is 0 Å². The van der Waals surface area contributed by atoms with Crippen LogP contribution in [0.4, 0.5) is 0 Å². The van der Waals surface area contributed by atoms with Crippen LogP contribution >= 0.6 is 0 Å². The molecule has 0 heterocycles. The van der Waals surface area contributed by atoms with Crippen molar-refractivity contribution < 1.29 is 0 Å². The molecule has 0 aromatic carbocycles. The highest BCUT2D eigenvalue weighted by molar-refractivity contribution is 5.27. The van der Waals surface area contributed by atoms with Gasteiger partial charge in [-0.1, -0.05) is 57.9 Å². The second-order valence-corrected chi connectivity index (χ2v) is 1.37. The number of allylic oxidation sites excluding steroid dienone is 5. The van der Waals surface area contributed by atoms with Crippen LogP contribution in [0, 0.1) is 0 Å². The Kier molecular flexibility index (Phi) is 12.7. The molecule has 0 rings (SSSR count). The summed E-state index contributed by atoms with van der Waals surface area (Å²) in [5.74, 6) is 0. The first-order valence-electron chi connectivity index (χ1n) is 3.41. The fraction of sp³-hybridized carbons (Fsp3) is 0.200. The van der Waals surface area contributed by atoms with Crippen molar-refractivity contribution in [3.05, 3.63) is 49.6 Å². The number of rotatable bonds is 3. The molecule has 0 amide bonds. The second kappa shape index (κ2) is 10.9. The molecule has 0 aromatic rings. The van der Waals surface area contributed by atoms with Crippen LogP contribution in [-0.2, 0) is 0 Å². The molecule has 0 aromatic heterocycles. The Morgan fingerprint density at radius 3 is 2.00 bits per heavy atom. The zero-order valence-electron chi connectivity index (χ0n) is 6.93. The molecule has 0 bridgehead atoms. The van der Waals surface area contributed by atoms with Crippen molar-refractivity contribution in [3.8, 4) is 0 Å². The van der Waals surface area contributed by atoms with Gasteiger partial charge in [-0.05, 0) is 5.57 Å². The van der Waals surface area contributed by atoms with Crippen LogP contribution in [-0.4, -0.2) is 0 Å². The molecule has 0 aliphatic rings. The third-order valence-electron chi connectivity index (χ3n) is 0.709. The fourth-order valence-electron chi connectivity index (χ4n) is 0.260. The van der Waals surface area contributed by atoms with E-state index < -0.39 is 0 Å². The zero-order chi connectivity index (χ0) is 8.41. The second-order valence-electron chi connectivity index (χ2n) is 1.37. The Bertz CT molecular complexity index is 127. The number of hydrogen-bond donors (Lipinski definition) is 0. The van der Waals surface area contributed by atoms with Gasteiger partial charge < -0.3 is 0 Å². The largest absolute Gasteiger partial charge is 0.0991 e. The predicted octanol–water partition coefficient (Wildman–Crippen LogP) is 3.50. The van der Waals surface area contributed by atoms with Crippen molar-refractivity contribution in [2.45, 2.75) is 13.8 Å². The van der Waals surface area contributed by atoms with Gasteiger partial charge >= 0.3 is 0 Å². The third-order valence-corrected chi connectivity index (χ3v) is 0.709. The maximum Gasteiger partial charge on any atom is -0.0335 e. The number of hydrogen-bond acceptors (Lipinski definition) is 0. The lowest BCUT2D eigenvalue weighted by atomic mass is 10.3. The van der Waals surface area contributed by atoms with Crippen molar-refractivity contribution in [3.63, 3.8) is 0 Å². The van der Waals surface area contributed by atoms with Gasteiger partial charge in [0, 0.05) is 0 Å². The van der Waals surface area contributed by atoms with Crippen LogP contribution in [0.25, 0.3) is 0 Å². The molecule has 0 aliphatic carbocycles. The van der Waals surface area contributed by atoms with Gasteiger partial charge in [0.2, 0.25) is 0 Å². The van der Waals surface area contributed by atoms with Crippen LogP contribution in [0.1, 0.15) is 13.8 Å². The topological polar surface area (TPSA) is 0 Å². The first-order valence-corrected chi connectivity index (χ1v) is 3.41. The third kappa shape index (κ3) is 10.0. The van der Waals surface area contributed by atoms with Crippen LogP contribution in [0.2, 0.25) is 0 Å². The summed E-state index contributed by atoms with van der Waals surface area (Å²) >= 11 is 0. The summed E-state index contributed by atoms with van der Waals surface area (Å²) in [7, 11) is 0. The summed E-state index contributed by atoms with van der Waals surface area (Å²) in [6, 6.07) is 0. The van der Waals surface area contributed by atoms with E-state index in [1.165, 1.54) is 0 Å². The fourth-order valence-corrected chi connectivity index (χ4v) is 0.260. The molecule has 0 radical (unpaired) electrons. The lowest BCUT2D eigenvalue weighted by molar-refractivity contribution is 1.50. The van der Waals surface area contributed by atoms with E-state index in [1.54, 1.807) is 12.2 Å². The summed E-state index contributed by atoms with van der Waals surface area (Å²) < 4.78 is 0. The highest BCUT2D eigenvalue weighted by Crippen LogP contribution is 1.91. The molecular weight excluding hydrogens is 120 g/mol. The normalized spacial score (nSPS) is 7.80. The maximum atomic E-state index is 3.66. The molecule has 0 aliphatic heterocycles. The van der Waals surface area contributed by atoms with Crippen molar-refractivity contribution >= 4 is 0 Å². The highest BCUT2D eigenvalue weighted by atomic mass is 13.8. The molecule has 0 saturated heterocycles. The standard InChI is InChI=1S/C8H10.C2H6/c1-4-6-7-8(3)5-2;1-2/h4-7H,1-3H2;1-2H3/b7-6-;. The van der Waals surface area contributed by atoms with Gasteiger partial charge in [0.15, 0.2) is 0 Å². The van der Waals surface area contributed by atoms with Crippen LogP contribution in [0.5, 0.6) is 0 Å². The quantitative estimate of drug-likeness (QED) is 0.521. The van der Waals surface area contributed by atoms with E-state index in [1.807, 2.05) is 26.0 Å². The predicted molar refractivity (Wildman–Crippen MR) is 50.0 cm³/mol. The van der Waals surface area contributed by atoms with Crippen molar-refractivity contribution in [2.75, 3.05) is 0 Å². The Hall–Kier alpha value is -1.04. The minimum Gasteiger partial charge on any atom is -0.0991 e. The van der Waals surface area contributed by atoms with E-state index in [0.717, 1.165) is 5.57 Å². The molecule has 56 valence electrons.